The molecule has 0 unspecified atom stereocenters. The molecule has 0 aliphatic heterocycles. The van der Waals surface area contributed by atoms with E-state index in [1.165, 1.54) is 12.1 Å². The van der Waals surface area contributed by atoms with Crippen LogP contribution in [-0.4, -0.2) is 15.5 Å². The van der Waals surface area contributed by atoms with Crippen LogP contribution < -0.4 is 5.32 Å². The first-order chi connectivity index (χ1) is 10.6. The third-order valence-electron chi connectivity index (χ3n) is 3.32. The van der Waals surface area contributed by atoms with Crippen molar-refractivity contribution in [2.75, 3.05) is 5.32 Å². The lowest BCUT2D eigenvalue weighted by atomic mass is 10.1. The normalized spacial score (nSPS) is 10.5. The molecule has 1 heterocycles. The van der Waals surface area contributed by atoms with Crippen LogP contribution in [0.2, 0.25) is 0 Å². The van der Waals surface area contributed by atoms with Crippen molar-refractivity contribution in [3.05, 3.63) is 72.3 Å². The lowest BCUT2D eigenvalue weighted by Crippen LogP contribution is -2.14. The van der Waals surface area contributed by atoms with E-state index < -0.39 is 0 Å². The predicted molar refractivity (Wildman–Crippen MR) is 83.0 cm³/mol. The number of rotatable bonds is 3. The van der Waals surface area contributed by atoms with Gasteiger partial charge >= 0.3 is 0 Å². The maximum absolute atomic E-state index is 13.0. The largest absolute Gasteiger partial charge is 0.320 e. The average Bonchev–Trinajstić information content (AvgIpc) is 2.90. The van der Waals surface area contributed by atoms with Gasteiger partial charge in [0.25, 0.3) is 5.91 Å². The Morgan fingerprint density at radius 3 is 2.45 bits per heavy atom. The number of nitrogens with zero attached hydrogens (tertiary/aromatic N) is 2. The van der Waals surface area contributed by atoms with Gasteiger partial charge in [-0.15, -0.1) is 0 Å². The van der Waals surface area contributed by atoms with E-state index in [9.17, 15) is 9.18 Å². The lowest BCUT2D eigenvalue weighted by molar-refractivity contribution is 0.102. The van der Waals surface area contributed by atoms with Crippen molar-refractivity contribution in [3.63, 3.8) is 0 Å². The van der Waals surface area contributed by atoms with E-state index in [0.717, 1.165) is 5.56 Å². The van der Waals surface area contributed by atoms with Gasteiger partial charge in [0.05, 0.1) is 6.33 Å². The Hall–Kier alpha value is -2.95. The number of hydrogen-bond acceptors (Lipinski definition) is 2. The minimum absolute atomic E-state index is 0.215. The molecule has 0 bridgehead atoms. The monoisotopic (exact) mass is 295 g/mol. The van der Waals surface area contributed by atoms with Crippen LogP contribution in [0.15, 0.2) is 60.9 Å². The molecule has 3 aromatic rings. The van der Waals surface area contributed by atoms with Crippen molar-refractivity contribution >= 4 is 11.7 Å². The number of aryl methyl sites for hydroxylation is 1. The van der Waals surface area contributed by atoms with E-state index in [1.807, 2.05) is 6.07 Å². The van der Waals surface area contributed by atoms with E-state index in [0.29, 0.717) is 17.1 Å². The highest BCUT2D eigenvalue weighted by atomic mass is 19.1. The Balaban J connectivity index is 1.93. The van der Waals surface area contributed by atoms with Gasteiger partial charge in [-0.3, -0.25) is 4.79 Å². The third kappa shape index (κ3) is 2.74. The van der Waals surface area contributed by atoms with Crippen molar-refractivity contribution in [2.24, 2.45) is 7.05 Å². The number of amides is 1. The quantitative estimate of drug-likeness (QED) is 0.804. The summed E-state index contributed by atoms with van der Waals surface area (Å²) >= 11 is 0. The minimum atomic E-state index is -0.311. The maximum atomic E-state index is 13.0. The molecule has 0 saturated carbocycles. The molecular formula is C17H14FN3O. The van der Waals surface area contributed by atoms with Gasteiger partial charge in [-0.2, -0.15) is 0 Å². The summed E-state index contributed by atoms with van der Waals surface area (Å²) in [5, 5.41) is 2.86. The summed E-state index contributed by atoms with van der Waals surface area (Å²) in [6.07, 6.45) is 1.61. The van der Waals surface area contributed by atoms with Gasteiger partial charge < -0.3 is 9.88 Å². The molecule has 5 heteroatoms. The minimum Gasteiger partial charge on any atom is -0.320 e. The van der Waals surface area contributed by atoms with E-state index in [2.05, 4.69) is 10.3 Å². The summed E-state index contributed by atoms with van der Waals surface area (Å²) in [6.45, 7) is 0. The summed E-state index contributed by atoms with van der Waals surface area (Å²) < 4.78 is 14.8. The van der Waals surface area contributed by atoms with Gasteiger partial charge in [-0.05, 0) is 36.4 Å². The first kappa shape index (κ1) is 14.0. The maximum Gasteiger partial charge on any atom is 0.256 e. The van der Waals surface area contributed by atoms with E-state index in [-0.39, 0.29) is 11.7 Å². The first-order valence-corrected chi connectivity index (χ1v) is 6.79. The van der Waals surface area contributed by atoms with Crippen molar-refractivity contribution in [1.82, 2.24) is 9.55 Å². The second-order valence-electron chi connectivity index (χ2n) is 4.88. The molecule has 22 heavy (non-hydrogen) atoms. The lowest BCUT2D eigenvalue weighted by Gasteiger charge is -2.08. The molecule has 110 valence electrons. The van der Waals surface area contributed by atoms with Crippen molar-refractivity contribution in [2.45, 2.75) is 0 Å². The third-order valence-corrected chi connectivity index (χ3v) is 3.32. The molecule has 0 atom stereocenters. The second-order valence-corrected chi connectivity index (χ2v) is 4.88. The van der Waals surface area contributed by atoms with Crippen molar-refractivity contribution < 1.29 is 9.18 Å². The van der Waals surface area contributed by atoms with Crippen molar-refractivity contribution in [1.29, 1.82) is 0 Å². The number of halogens is 1. The SMILES string of the molecule is Cn1cnc(-c2ccc(F)cc2)c1NC(=O)c1ccccc1. The summed E-state index contributed by atoms with van der Waals surface area (Å²) in [6, 6.07) is 14.9. The van der Waals surface area contributed by atoms with Gasteiger partial charge in [-0.1, -0.05) is 18.2 Å². The molecule has 0 spiro atoms. The zero-order valence-corrected chi connectivity index (χ0v) is 12.0. The number of imidazole rings is 1. The Morgan fingerprint density at radius 1 is 1.09 bits per heavy atom. The molecule has 0 saturated heterocycles. The van der Waals surface area contributed by atoms with Gasteiger partial charge in [-0.25, -0.2) is 9.37 Å². The fourth-order valence-electron chi connectivity index (χ4n) is 2.17. The van der Waals surface area contributed by atoms with Crippen LogP contribution in [0, 0.1) is 5.82 Å². The predicted octanol–water partition coefficient (Wildman–Crippen LogP) is 3.48. The molecule has 0 aliphatic carbocycles. The highest BCUT2D eigenvalue weighted by molar-refractivity contribution is 6.05. The number of nitrogens with one attached hydrogen (secondary N) is 1. The van der Waals surface area contributed by atoms with Crippen LogP contribution in [-0.2, 0) is 7.05 Å². The smallest absolute Gasteiger partial charge is 0.256 e. The molecule has 0 aliphatic rings. The number of carbonyl (C=O) groups excluding carboxylic acids is 1. The highest BCUT2D eigenvalue weighted by Gasteiger charge is 2.15. The summed E-state index contributed by atoms with van der Waals surface area (Å²) in [4.78, 5) is 16.6. The van der Waals surface area contributed by atoms with Gasteiger partial charge in [0, 0.05) is 18.2 Å². The molecular weight excluding hydrogens is 281 g/mol. The van der Waals surface area contributed by atoms with E-state index in [4.69, 9.17) is 0 Å². The number of anilines is 1. The Bertz CT molecular complexity index is 795. The molecule has 0 fully saturated rings. The van der Waals surface area contributed by atoms with Crippen LogP contribution >= 0.6 is 0 Å². The molecule has 4 nitrogen and oxygen atoms in total. The second kappa shape index (κ2) is 5.81. The van der Waals surface area contributed by atoms with Gasteiger partial charge in [0.2, 0.25) is 0 Å². The average molecular weight is 295 g/mol. The van der Waals surface area contributed by atoms with E-state index in [1.54, 1.807) is 54.3 Å². The number of hydrogen-bond donors (Lipinski definition) is 1. The Labute approximate surface area is 127 Å². The standard InChI is InChI=1S/C17H14FN3O/c1-21-11-19-15(12-7-9-14(18)10-8-12)16(21)20-17(22)13-5-3-2-4-6-13/h2-11H,1H3,(H,20,22). The first-order valence-electron chi connectivity index (χ1n) is 6.79. The summed E-state index contributed by atoms with van der Waals surface area (Å²) in [5.41, 5.74) is 1.91. The van der Waals surface area contributed by atoms with Crippen LogP contribution in [0.3, 0.4) is 0 Å². The fourth-order valence-corrected chi connectivity index (χ4v) is 2.17. The number of carbonyl (C=O) groups is 1. The van der Waals surface area contributed by atoms with Crippen LogP contribution in [0.1, 0.15) is 10.4 Å². The Kier molecular flexibility index (Phi) is 3.70. The van der Waals surface area contributed by atoms with Crippen LogP contribution in [0.5, 0.6) is 0 Å². The molecule has 1 amide bonds. The zero-order valence-electron chi connectivity index (χ0n) is 12.0. The topological polar surface area (TPSA) is 46.9 Å². The molecule has 3 rings (SSSR count). The molecule has 0 radical (unpaired) electrons. The molecule has 2 aromatic carbocycles. The number of benzene rings is 2. The molecule has 1 N–H and O–H groups in total. The van der Waals surface area contributed by atoms with Crippen LogP contribution in [0.25, 0.3) is 11.3 Å². The Morgan fingerprint density at radius 2 is 1.77 bits per heavy atom. The zero-order chi connectivity index (χ0) is 15.5. The fraction of sp³-hybridized carbons (Fsp3) is 0.0588. The van der Waals surface area contributed by atoms with E-state index >= 15 is 0 Å². The summed E-state index contributed by atoms with van der Waals surface area (Å²) in [5.74, 6) is 0.0441. The molecule has 1 aromatic heterocycles. The van der Waals surface area contributed by atoms with Gasteiger partial charge in [0.15, 0.2) is 0 Å². The summed E-state index contributed by atoms with van der Waals surface area (Å²) in [7, 11) is 1.79. The number of aromatic nitrogens is 2. The highest BCUT2D eigenvalue weighted by Crippen LogP contribution is 2.26. The van der Waals surface area contributed by atoms with Crippen molar-refractivity contribution in [3.8, 4) is 11.3 Å². The van der Waals surface area contributed by atoms with Crippen LogP contribution in [0.4, 0.5) is 10.2 Å². The van der Waals surface area contributed by atoms with Gasteiger partial charge in [0.1, 0.15) is 17.3 Å².